The average Bonchev–Trinajstić information content (AvgIpc) is 2.74. The summed E-state index contributed by atoms with van der Waals surface area (Å²) in [6.45, 7) is 3.97. The molecule has 0 unspecified atom stereocenters. The Morgan fingerprint density at radius 2 is 1.84 bits per heavy atom. The zero-order valence-corrected chi connectivity index (χ0v) is 19.0. The molecule has 0 saturated carbocycles. The predicted molar refractivity (Wildman–Crippen MR) is 126 cm³/mol. The molecule has 0 aliphatic rings. The third kappa shape index (κ3) is 4.36. The first-order chi connectivity index (χ1) is 14.9. The summed E-state index contributed by atoms with van der Waals surface area (Å²) in [5, 5.41) is 0.380. The van der Waals surface area contributed by atoms with Gasteiger partial charge in [0.25, 0.3) is 5.56 Å². The molecular formula is C24H18FIN2O3. The molecule has 1 heterocycles. The maximum atomic E-state index is 14.3. The monoisotopic (exact) mass is 528 g/mol. The second-order valence-corrected chi connectivity index (χ2v) is 8.54. The number of ether oxygens (including phenoxy) is 1. The zero-order valence-electron chi connectivity index (χ0n) is 16.9. The van der Waals surface area contributed by atoms with Crippen LogP contribution in [-0.2, 0) is 6.54 Å². The standard InChI is InChI=1S/C24H18FIN2O3/c1-14-7-16(12-29)8-15(2)23(14)31-19-5-6-22-20(10-19)24(30)27-13-28(22)11-17-3-4-18(26)9-21(17)25/h3-10,12-13H,11H2,1-2H3. The van der Waals surface area contributed by atoms with Crippen LogP contribution in [0, 0.1) is 23.2 Å². The van der Waals surface area contributed by atoms with Crippen LogP contribution in [0.5, 0.6) is 11.5 Å². The second-order valence-electron chi connectivity index (χ2n) is 7.30. The number of aromatic nitrogens is 2. The maximum Gasteiger partial charge on any atom is 0.280 e. The molecule has 4 rings (SSSR count). The van der Waals surface area contributed by atoms with E-state index in [0.717, 1.165) is 21.0 Å². The third-order valence-corrected chi connectivity index (χ3v) is 5.69. The van der Waals surface area contributed by atoms with Crippen LogP contribution >= 0.6 is 22.6 Å². The molecule has 3 aromatic carbocycles. The minimum absolute atomic E-state index is 0.248. The molecule has 5 nitrogen and oxygen atoms in total. The molecular weight excluding hydrogens is 510 g/mol. The molecule has 0 N–H and O–H groups in total. The Morgan fingerprint density at radius 1 is 1.10 bits per heavy atom. The van der Waals surface area contributed by atoms with Gasteiger partial charge in [0, 0.05) is 14.7 Å². The van der Waals surface area contributed by atoms with Gasteiger partial charge in [-0.2, -0.15) is 4.98 Å². The Labute approximate surface area is 191 Å². The quantitative estimate of drug-likeness (QED) is 0.257. The molecule has 0 fully saturated rings. The summed E-state index contributed by atoms with van der Waals surface area (Å²) in [7, 11) is 0. The fraction of sp³-hybridized carbons (Fsp3) is 0.125. The number of aryl methyl sites for hydroxylation is 2. The molecule has 0 radical (unpaired) electrons. The van der Waals surface area contributed by atoms with Crippen molar-refractivity contribution >= 4 is 39.8 Å². The van der Waals surface area contributed by atoms with Crippen LogP contribution in [0.15, 0.2) is 59.7 Å². The van der Waals surface area contributed by atoms with E-state index < -0.39 is 0 Å². The number of halogens is 2. The van der Waals surface area contributed by atoms with Gasteiger partial charge in [0.15, 0.2) is 0 Å². The highest BCUT2D eigenvalue weighted by atomic mass is 127. The maximum absolute atomic E-state index is 14.3. The van der Waals surface area contributed by atoms with E-state index in [2.05, 4.69) is 27.6 Å². The van der Waals surface area contributed by atoms with Gasteiger partial charge in [-0.25, -0.2) is 4.39 Å². The van der Waals surface area contributed by atoms with Crippen LogP contribution in [0.25, 0.3) is 10.9 Å². The van der Waals surface area contributed by atoms with E-state index in [9.17, 15) is 14.0 Å². The minimum atomic E-state index is -0.385. The van der Waals surface area contributed by atoms with Crippen LogP contribution in [0.4, 0.5) is 4.39 Å². The highest BCUT2D eigenvalue weighted by Crippen LogP contribution is 2.31. The third-order valence-electron chi connectivity index (χ3n) is 5.02. The molecule has 0 amide bonds. The lowest BCUT2D eigenvalue weighted by atomic mass is 10.1. The number of hydrogen-bond acceptors (Lipinski definition) is 4. The average molecular weight is 528 g/mol. The van der Waals surface area contributed by atoms with Gasteiger partial charge in [-0.05, 0) is 90.0 Å². The summed E-state index contributed by atoms with van der Waals surface area (Å²) in [4.78, 5) is 27.4. The van der Waals surface area contributed by atoms with Gasteiger partial charge in [-0.3, -0.25) is 9.59 Å². The van der Waals surface area contributed by atoms with Crippen molar-refractivity contribution in [3.8, 4) is 11.5 Å². The predicted octanol–water partition coefficient (Wildman–Crippen LogP) is 5.41. The fourth-order valence-electron chi connectivity index (χ4n) is 3.54. The van der Waals surface area contributed by atoms with Crippen molar-refractivity contribution in [2.45, 2.75) is 20.4 Å². The minimum Gasteiger partial charge on any atom is -0.457 e. The van der Waals surface area contributed by atoms with E-state index >= 15 is 0 Å². The van der Waals surface area contributed by atoms with Crippen molar-refractivity contribution in [1.82, 2.24) is 9.55 Å². The summed E-state index contributed by atoms with van der Waals surface area (Å²) in [6.07, 6.45) is 2.22. The van der Waals surface area contributed by atoms with Gasteiger partial charge in [-0.15, -0.1) is 0 Å². The summed E-state index contributed by atoms with van der Waals surface area (Å²) in [5.74, 6) is 0.813. The van der Waals surface area contributed by atoms with E-state index in [1.54, 1.807) is 41.0 Å². The van der Waals surface area contributed by atoms with Gasteiger partial charge < -0.3 is 9.30 Å². The summed E-state index contributed by atoms with van der Waals surface area (Å²) < 4.78 is 22.9. The van der Waals surface area contributed by atoms with Crippen LogP contribution in [-0.4, -0.2) is 15.8 Å². The first-order valence-corrected chi connectivity index (χ1v) is 10.6. The number of rotatable bonds is 5. The summed E-state index contributed by atoms with van der Waals surface area (Å²) in [6, 6.07) is 13.7. The number of fused-ring (bicyclic) bond motifs is 1. The number of hydrogen-bond donors (Lipinski definition) is 0. The molecule has 0 spiro atoms. The zero-order chi connectivity index (χ0) is 22.1. The molecule has 1 aromatic heterocycles. The van der Waals surface area contributed by atoms with E-state index in [1.807, 2.05) is 19.9 Å². The first kappa shape index (κ1) is 21.2. The molecule has 0 aliphatic heterocycles. The summed E-state index contributed by atoms with van der Waals surface area (Å²) in [5.41, 5.74) is 2.98. The lowest BCUT2D eigenvalue weighted by Gasteiger charge is -2.14. The van der Waals surface area contributed by atoms with Crippen molar-refractivity contribution in [3.05, 3.63) is 96.9 Å². The Morgan fingerprint density at radius 3 is 2.52 bits per heavy atom. The first-order valence-electron chi connectivity index (χ1n) is 9.53. The fourth-order valence-corrected chi connectivity index (χ4v) is 4.00. The van der Waals surface area contributed by atoms with Crippen molar-refractivity contribution < 1.29 is 13.9 Å². The van der Waals surface area contributed by atoms with Crippen LogP contribution in [0.2, 0.25) is 0 Å². The second kappa shape index (κ2) is 8.58. The van der Waals surface area contributed by atoms with Gasteiger partial charge in [0.05, 0.1) is 23.8 Å². The molecule has 0 saturated heterocycles. The normalized spacial score (nSPS) is 11.0. The largest absolute Gasteiger partial charge is 0.457 e. The molecule has 4 aromatic rings. The highest BCUT2D eigenvalue weighted by Gasteiger charge is 2.12. The Kier molecular flexibility index (Phi) is 5.86. The van der Waals surface area contributed by atoms with E-state index in [1.165, 1.54) is 12.4 Å². The SMILES string of the molecule is Cc1cc(C=O)cc(C)c1Oc1ccc2c(c1)c(=O)ncn2Cc1ccc(I)cc1F. The van der Waals surface area contributed by atoms with E-state index in [4.69, 9.17) is 4.74 Å². The topological polar surface area (TPSA) is 61.2 Å². The van der Waals surface area contributed by atoms with Gasteiger partial charge in [-0.1, -0.05) is 6.07 Å². The molecule has 7 heteroatoms. The molecule has 0 atom stereocenters. The van der Waals surface area contributed by atoms with Gasteiger partial charge in [0.1, 0.15) is 23.6 Å². The molecule has 156 valence electrons. The lowest BCUT2D eigenvalue weighted by molar-refractivity contribution is 0.112. The molecule has 31 heavy (non-hydrogen) atoms. The summed E-state index contributed by atoms with van der Waals surface area (Å²) >= 11 is 2.06. The Bertz CT molecular complexity index is 1360. The van der Waals surface area contributed by atoms with Crippen molar-refractivity contribution in [1.29, 1.82) is 0 Å². The Balaban J connectivity index is 1.73. The smallest absolute Gasteiger partial charge is 0.280 e. The van der Waals surface area contributed by atoms with Gasteiger partial charge in [0.2, 0.25) is 0 Å². The Hall–Kier alpha value is -3.07. The number of aldehydes is 1. The molecule has 0 aliphatic carbocycles. The van der Waals surface area contributed by atoms with Crippen molar-refractivity contribution in [3.63, 3.8) is 0 Å². The van der Waals surface area contributed by atoms with E-state index in [0.29, 0.717) is 33.5 Å². The van der Waals surface area contributed by atoms with Crippen LogP contribution < -0.4 is 10.3 Å². The lowest BCUT2D eigenvalue weighted by Crippen LogP contribution is -2.13. The van der Waals surface area contributed by atoms with Crippen LogP contribution in [0.1, 0.15) is 27.0 Å². The van der Waals surface area contributed by atoms with Crippen molar-refractivity contribution in [2.75, 3.05) is 0 Å². The number of benzene rings is 3. The number of nitrogens with zero attached hydrogens (tertiary/aromatic N) is 2. The van der Waals surface area contributed by atoms with Crippen molar-refractivity contribution in [2.24, 2.45) is 0 Å². The number of carbonyl (C=O) groups excluding carboxylic acids is 1. The molecule has 0 bridgehead atoms. The number of carbonyl (C=O) groups is 1. The van der Waals surface area contributed by atoms with E-state index in [-0.39, 0.29) is 17.9 Å². The van der Waals surface area contributed by atoms with Crippen LogP contribution in [0.3, 0.4) is 0 Å². The van der Waals surface area contributed by atoms with Gasteiger partial charge >= 0.3 is 0 Å². The highest BCUT2D eigenvalue weighted by molar-refractivity contribution is 14.1.